The first kappa shape index (κ1) is 18.9. The molecule has 0 atom stereocenters. The number of halogens is 1. The monoisotopic (exact) mass is 403 g/mol. The smallest absolute Gasteiger partial charge is 0.255 e. The fourth-order valence-corrected chi connectivity index (χ4v) is 3.01. The highest BCUT2D eigenvalue weighted by Gasteiger charge is 2.12. The Morgan fingerprint density at radius 2 is 1.45 bits per heavy atom. The Labute approximate surface area is 173 Å². The van der Waals surface area contributed by atoms with E-state index in [2.05, 4.69) is 15.5 Å². The lowest BCUT2D eigenvalue weighted by Crippen LogP contribution is -2.12. The summed E-state index contributed by atoms with van der Waals surface area (Å²) in [5.41, 5.74) is 4.91. The molecule has 0 aliphatic carbocycles. The van der Waals surface area contributed by atoms with Gasteiger partial charge in [0.05, 0.1) is 0 Å². The molecule has 0 aliphatic rings. The number of benzene rings is 3. The predicted octanol–water partition coefficient (Wildman–Crippen LogP) is 5.93. The molecule has 3 aromatic carbocycles. The molecule has 144 valence electrons. The molecule has 0 fully saturated rings. The van der Waals surface area contributed by atoms with Crippen LogP contribution in [0.15, 0.2) is 71.1 Å². The third kappa shape index (κ3) is 4.20. The van der Waals surface area contributed by atoms with Gasteiger partial charge in [0.2, 0.25) is 11.8 Å². The maximum Gasteiger partial charge on any atom is 0.255 e. The molecular weight excluding hydrogens is 386 g/mol. The van der Waals surface area contributed by atoms with Gasteiger partial charge in [0.15, 0.2) is 0 Å². The van der Waals surface area contributed by atoms with Crippen LogP contribution in [0.3, 0.4) is 0 Å². The van der Waals surface area contributed by atoms with Crippen LogP contribution in [-0.2, 0) is 0 Å². The van der Waals surface area contributed by atoms with Gasteiger partial charge in [0.1, 0.15) is 0 Å². The number of hydrogen-bond donors (Lipinski definition) is 1. The van der Waals surface area contributed by atoms with Crippen molar-refractivity contribution in [2.75, 3.05) is 5.32 Å². The zero-order chi connectivity index (χ0) is 20.4. The van der Waals surface area contributed by atoms with E-state index in [1.54, 1.807) is 36.4 Å². The van der Waals surface area contributed by atoms with E-state index in [9.17, 15) is 4.79 Å². The van der Waals surface area contributed by atoms with Crippen LogP contribution in [0.25, 0.3) is 22.9 Å². The van der Waals surface area contributed by atoms with Crippen molar-refractivity contribution in [2.24, 2.45) is 0 Å². The van der Waals surface area contributed by atoms with Crippen molar-refractivity contribution in [3.05, 3.63) is 88.4 Å². The molecule has 0 bridgehead atoms. The van der Waals surface area contributed by atoms with Gasteiger partial charge in [-0.1, -0.05) is 35.4 Å². The summed E-state index contributed by atoms with van der Waals surface area (Å²) >= 11 is 6.01. The minimum absolute atomic E-state index is 0.215. The third-order valence-corrected chi connectivity index (χ3v) is 4.80. The molecule has 4 rings (SSSR count). The zero-order valence-corrected chi connectivity index (χ0v) is 16.7. The second kappa shape index (κ2) is 7.89. The van der Waals surface area contributed by atoms with Crippen LogP contribution >= 0.6 is 11.6 Å². The van der Waals surface area contributed by atoms with E-state index in [4.69, 9.17) is 16.0 Å². The van der Waals surface area contributed by atoms with Gasteiger partial charge in [-0.05, 0) is 67.9 Å². The normalized spacial score (nSPS) is 10.7. The molecule has 0 radical (unpaired) electrons. The number of carbonyl (C=O) groups is 1. The van der Waals surface area contributed by atoms with E-state index in [0.29, 0.717) is 28.1 Å². The highest BCUT2D eigenvalue weighted by atomic mass is 35.5. The Kier molecular flexibility index (Phi) is 5.14. The predicted molar refractivity (Wildman–Crippen MR) is 114 cm³/mol. The highest BCUT2D eigenvalue weighted by molar-refractivity contribution is 6.31. The maximum absolute atomic E-state index is 12.5. The van der Waals surface area contributed by atoms with E-state index in [1.807, 2.05) is 44.2 Å². The topological polar surface area (TPSA) is 68.0 Å². The van der Waals surface area contributed by atoms with Crippen LogP contribution in [-0.4, -0.2) is 16.1 Å². The Balaban J connectivity index is 1.51. The van der Waals surface area contributed by atoms with Gasteiger partial charge in [-0.25, -0.2) is 0 Å². The third-order valence-electron chi connectivity index (χ3n) is 4.57. The van der Waals surface area contributed by atoms with Crippen molar-refractivity contribution in [1.82, 2.24) is 10.2 Å². The summed E-state index contributed by atoms with van der Waals surface area (Å²) in [6, 6.07) is 20.3. The Morgan fingerprint density at radius 3 is 2.07 bits per heavy atom. The summed E-state index contributed by atoms with van der Waals surface area (Å²) in [7, 11) is 0. The van der Waals surface area contributed by atoms with Crippen molar-refractivity contribution in [3.8, 4) is 22.9 Å². The molecule has 0 aliphatic heterocycles. The van der Waals surface area contributed by atoms with E-state index < -0.39 is 0 Å². The minimum atomic E-state index is -0.215. The fourth-order valence-electron chi connectivity index (χ4n) is 2.84. The number of aromatic nitrogens is 2. The lowest BCUT2D eigenvalue weighted by Gasteiger charge is -2.09. The van der Waals surface area contributed by atoms with Crippen LogP contribution in [0.4, 0.5) is 5.69 Å². The average molecular weight is 404 g/mol. The van der Waals surface area contributed by atoms with Crippen LogP contribution in [0.1, 0.15) is 21.5 Å². The van der Waals surface area contributed by atoms with Gasteiger partial charge in [-0.3, -0.25) is 4.79 Å². The second-order valence-corrected chi connectivity index (χ2v) is 7.21. The number of rotatable bonds is 4. The summed E-state index contributed by atoms with van der Waals surface area (Å²) in [6.45, 7) is 3.94. The first-order valence-corrected chi connectivity index (χ1v) is 9.46. The summed E-state index contributed by atoms with van der Waals surface area (Å²) in [4.78, 5) is 12.5. The number of nitrogens with zero attached hydrogens (tertiary/aromatic N) is 2. The molecule has 1 amide bonds. The largest absolute Gasteiger partial charge is 0.416 e. The highest BCUT2D eigenvalue weighted by Crippen LogP contribution is 2.25. The lowest BCUT2D eigenvalue weighted by molar-refractivity contribution is 0.102. The summed E-state index contributed by atoms with van der Waals surface area (Å²) in [5.74, 6) is 0.643. The van der Waals surface area contributed by atoms with Crippen molar-refractivity contribution >= 4 is 23.2 Å². The van der Waals surface area contributed by atoms with Gasteiger partial charge in [0, 0.05) is 27.4 Å². The van der Waals surface area contributed by atoms with E-state index in [0.717, 1.165) is 22.3 Å². The van der Waals surface area contributed by atoms with Gasteiger partial charge in [0.25, 0.3) is 5.91 Å². The van der Waals surface area contributed by atoms with Crippen LogP contribution in [0.2, 0.25) is 5.02 Å². The number of aryl methyl sites for hydroxylation is 2. The summed E-state index contributed by atoms with van der Waals surface area (Å²) in [5, 5.41) is 11.7. The minimum Gasteiger partial charge on any atom is -0.416 e. The van der Waals surface area contributed by atoms with Gasteiger partial charge in [-0.15, -0.1) is 10.2 Å². The molecule has 4 aromatic rings. The van der Waals surface area contributed by atoms with Crippen molar-refractivity contribution in [2.45, 2.75) is 13.8 Å². The first-order chi connectivity index (χ1) is 14.0. The molecule has 0 saturated carbocycles. The van der Waals surface area contributed by atoms with Crippen LogP contribution in [0, 0.1) is 13.8 Å². The van der Waals surface area contributed by atoms with Crippen molar-refractivity contribution in [3.63, 3.8) is 0 Å². The molecule has 6 heteroatoms. The molecule has 0 spiro atoms. The number of anilines is 1. The SMILES string of the molecule is Cc1ccc(-c2nnc(-c3ccc(C(=O)Nc4cc(Cl)ccc4C)cc3)o2)cc1. The second-order valence-electron chi connectivity index (χ2n) is 6.77. The van der Waals surface area contributed by atoms with Crippen LogP contribution < -0.4 is 5.32 Å². The van der Waals surface area contributed by atoms with Gasteiger partial charge >= 0.3 is 0 Å². The molecule has 5 nitrogen and oxygen atoms in total. The lowest BCUT2D eigenvalue weighted by atomic mass is 10.1. The van der Waals surface area contributed by atoms with E-state index in [-0.39, 0.29) is 5.91 Å². The Bertz CT molecular complexity index is 1170. The standard InChI is InChI=1S/C23H18ClN3O2/c1-14-3-6-17(7-4-14)22-26-27-23(29-22)18-10-8-16(9-11-18)21(28)25-20-13-19(24)12-5-15(20)2/h3-13H,1-2H3,(H,25,28). The number of nitrogens with one attached hydrogen (secondary N) is 1. The van der Waals surface area contributed by atoms with E-state index >= 15 is 0 Å². The Hall–Kier alpha value is -3.44. The molecule has 1 aromatic heterocycles. The number of amides is 1. The van der Waals surface area contributed by atoms with Gasteiger partial charge < -0.3 is 9.73 Å². The molecule has 0 saturated heterocycles. The maximum atomic E-state index is 12.5. The quantitative estimate of drug-likeness (QED) is 0.458. The molecule has 1 heterocycles. The van der Waals surface area contributed by atoms with E-state index in [1.165, 1.54) is 0 Å². The zero-order valence-electron chi connectivity index (χ0n) is 15.9. The number of carbonyl (C=O) groups excluding carboxylic acids is 1. The summed E-state index contributed by atoms with van der Waals surface area (Å²) < 4.78 is 5.78. The fraction of sp³-hybridized carbons (Fsp3) is 0.0870. The van der Waals surface area contributed by atoms with Crippen molar-refractivity contribution < 1.29 is 9.21 Å². The van der Waals surface area contributed by atoms with Gasteiger partial charge in [-0.2, -0.15) is 0 Å². The summed E-state index contributed by atoms with van der Waals surface area (Å²) in [6.07, 6.45) is 0. The number of hydrogen-bond acceptors (Lipinski definition) is 4. The molecular formula is C23H18ClN3O2. The average Bonchev–Trinajstić information content (AvgIpc) is 3.21. The van der Waals surface area contributed by atoms with Crippen LogP contribution in [0.5, 0.6) is 0 Å². The molecule has 0 unspecified atom stereocenters. The molecule has 1 N–H and O–H groups in total. The molecule has 29 heavy (non-hydrogen) atoms. The first-order valence-electron chi connectivity index (χ1n) is 9.08. The van der Waals surface area contributed by atoms with Crippen molar-refractivity contribution in [1.29, 1.82) is 0 Å². The Morgan fingerprint density at radius 1 is 0.862 bits per heavy atom.